The summed E-state index contributed by atoms with van der Waals surface area (Å²) in [4.78, 5) is 4.49. The summed E-state index contributed by atoms with van der Waals surface area (Å²) in [6.07, 6.45) is 8.99. The summed E-state index contributed by atoms with van der Waals surface area (Å²) in [5.41, 5.74) is 0. The van der Waals surface area contributed by atoms with Gasteiger partial charge in [0.1, 0.15) is 5.82 Å². The minimum absolute atomic E-state index is 0.321. The molecule has 0 radical (unpaired) electrons. The summed E-state index contributed by atoms with van der Waals surface area (Å²) in [5.74, 6) is 1.90. The van der Waals surface area contributed by atoms with Crippen molar-refractivity contribution in [2.75, 3.05) is 14.2 Å². The fourth-order valence-electron chi connectivity index (χ4n) is 2.66. The van der Waals surface area contributed by atoms with Crippen LogP contribution in [0, 0.1) is 5.92 Å². The van der Waals surface area contributed by atoms with E-state index >= 15 is 0 Å². The average Bonchev–Trinajstić information content (AvgIpc) is 3.12. The number of nitrogens with one attached hydrogen (secondary N) is 1. The van der Waals surface area contributed by atoms with Gasteiger partial charge in [-0.1, -0.05) is 6.92 Å². The summed E-state index contributed by atoms with van der Waals surface area (Å²) in [5, 5.41) is 3.40. The Kier molecular flexibility index (Phi) is 4.78. The van der Waals surface area contributed by atoms with Crippen LogP contribution in [-0.4, -0.2) is 35.9 Å². The Morgan fingerprint density at radius 2 is 2.33 bits per heavy atom. The van der Waals surface area contributed by atoms with Gasteiger partial charge in [-0.15, -0.1) is 0 Å². The molecule has 18 heavy (non-hydrogen) atoms. The van der Waals surface area contributed by atoms with E-state index in [1.165, 1.54) is 18.7 Å². The molecule has 0 aliphatic heterocycles. The van der Waals surface area contributed by atoms with Gasteiger partial charge in [0, 0.05) is 38.5 Å². The van der Waals surface area contributed by atoms with E-state index in [1.54, 1.807) is 0 Å². The smallest absolute Gasteiger partial charge is 0.110 e. The zero-order chi connectivity index (χ0) is 13.0. The monoisotopic (exact) mass is 251 g/mol. The zero-order valence-electron chi connectivity index (χ0n) is 11.7. The Bertz CT molecular complexity index is 360. The highest BCUT2D eigenvalue weighted by Crippen LogP contribution is 2.36. The van der Waals surface area contributed by atoms with E-state index in [2.05, 4.69) is 28.0 Å². The van der Waals surface area contributed by atoms with E-state index in [-0.39, 0.29) is 0 Å². The van der Waals surface area contributed by atoms with Crippen LogP contribution in [0.5, 0.6) is 0 Å². The molecule has 4 nitrogen and oxygen atoms in total. The van der Waals surface area contributed by atoms with E-state index in [0.29, 0.717) is 12.1 Å². The van der Waals surface area contributed by atoms with Crippen LogP contribution < -0.4 is 5.32 Å². The van der Waals surface area contributed by atoms with Crippen molar-refractivity contribution in [2.45, 2.75) is 51.3 Å². The first-order valence-corrected chi connectivity index (χ1v) is 7.00. The Hall–Kier alpha value is -0.870. The number of hydrogen-bond donors (Lipinski definition) is 1. The maximum absolute atomic E-state index is 5.68. The fourth-order valence-corrected chi connectivity index (χ4v) is 2.66. The molecule has 1 aromatic rings. The first kappa shape index (κ1) is 13.6. The molecule has 102 valence electrons. The Labute approximate surface area is 110 Å². The lowest BCUT2D eigenvalue weighted by atomic mass is 10.0. The summed E-state index contributed by atoms with van der Waals surface area (Å²) in [6, 6.07) is 0.362. The predicted molar refractivity (Wildman–Crippen MR) is 72.6 cm³/mol. The van der Waals surface area contributed by atoms with E-state index in [9.17, 15) is 0 Å². The summed E-state index contributed by atoms with van der Waals surface area (Å²) in [6.45, 7) is 3.24. The van der Waals surface area contributed by atoms with E-state index in [1.807, 2.05) is 20.4 Å². The van der Waals surface area contributed by atoms with Crippen LogP contribution in [0.3, 0.4) is 0 Å². The second-order valence-corrected chi connectivity index (χ2v) is 5.17. The molecule has 1 aliphatic rings. The van der Waals surface area contributed by atoms with Crippen LogP contribution in [0.4, 0.5) is 0 Å². The Balaban J connectivity index is 2.02. The predicted octanol–water partition coefficient (Wildman–Crippen LogP) is 1.85. The van der Waals surface area contributed by atoms with Crippen molar-refractivity contribution in [3.63, 3.8) is 0 Å². The lowest BCUT2D eigenvalue weighted by Crippen LogP contribution is -2.42. The number of ether oxygens (including phenoxy) is 1. The normalized spacial score (nSPS) is 18.8. The molecule has 2 atom stereocenters. The first-order valence-electron chi connectivity index (χ1n) is 7.00. The molecule has 1 saturated carbocycles. The third-order valence-corrected chi connectivity index (χ3v) is 3.79. The van der Waals surface area contributed by atoms with Crippen molar-refractivity contribution in [1.29, 1.82) is 0 Å². The van der Waals surface area contributed by atoms with Crippen molar-refractivity contribution in [1.82, 2.24) is 14.9 Å². The van der Waals surface area contributed by atoms with Gasteiger partial charge in [-0.3, -0.25) is 0 Å². The molecule has 1 fully saturated rings. The Morgan fingerprint density at radius 1 is 1.56 bits per heavy atom. The molecule has 0 aromatic carbocycles. The molecular weight excluding hydrogens is 226 g/mol. The number of aromatic nitrogens is 2. The number of imidazole rings is 1. The topological polar surface area (TPSA) is 39.1 Å². The maximum Gasteiger partial charge on any atom is 0.110 e. The quantitative estimate of drug-likeness (QED) is 0.766. The summed E-state index contributed by atoms with van der Waals surface area (Å²) < 4.78 is 7.93. The molecule has 4 heteroatoms. The highest BCUT2D eigenvalue weighted by molar-refractivity contribution is 5.00. The molecule has 0 saturated heterocycles. The standard InChI is InChI=1S/C14H25N3O/c1-4-8-17-9-7-16-13(17)10-12(15-2)14(18-3)11-5-6-11/h7,9,11-12,14-15H,4-6,8,10H2,1-3H3. The number of aryl methyl sites for hydroxylation is 1. The highest BCUT2D eigenvalue weighted by atomic mass is 16.5. The van der Waals surface area contributed by atoms with Crippen LogP contribution in [0.1, 0.15) is 32.0 Å². The van der Waals surface area contributed by atoms with Gasteiger partial charge in [-0.2, -0.15) is 0 Å². The number of hydrogen-bond acceptors (Lipinski definition) is 3. The van der Waals surface area contributed by atoms with Crippen LogP contribution in [0.25, 0.3) is 0 Å². The van der Waals surface area contributed by atoms with Gasteiger partial charge < -0.3 is 14.6 Å². The third-order valence-electron chi connectivity index (χ3n) is 3.79. The van der Waals surface area contributed by atoms with Crippen molar-refractivity contribution in [3.05, 3.63) is 18.2 Å². The number of rotatable bonds is 8. The molecule has 1 aromatic heterocycles. The number of nitrogens with zero attached hydrogens (tertiary/aromatic N) is 2. The average molecular weight is 251 g/mol. The van der Waals surface area contributed by atoms with Crippen molar-refractivity contribution in [2.24, 2.45) is 5.92 Å². The summed E-state index contributed by atoms with van der Waals surface area (Å²) >= 11 is 0. The van der Waals surface area contributed by atoms with Crippen molar-refractivity contribution < 1.29 is 4.74 Å². The molecule has 0 amide bonds. The third kappa shape index (κ3) is 3.12. The molecule has 0 bridgehead atoms. The van der Waals surface area contributed by atoms with Crippen molar-refractivity contribution >= 4 is 0 Å². The van der Waals surface area contributed by atoms with Gasteiger partial charge in [0.05, 0.1) is 6.10 Å². The van der Waals surface area contributed by atoms with Gasteiger partial charge in [-0.05, 0) is 32.2 Å². The molecule has 1 aliphatic carbocycles. The molecule has 1 N–H and O–H groups in total. The minimum atomic E-state index is 0.321. The van der Waals surface area contributed by atoms with Gasteiger partial charge in [0.25, 0.3) is 0 Å². The summed E-state index contributed by atoms with van der Waals surface area (Å²) in [7, 11) is 3.85. The lowest BCUT2D eigenvalue weighted by molar-refractivity contribution is 0.0526. The first-order chi connectivity index (χ1) is 8.80. The maximum atomic E-state index is 5.68. The van der Waals surface area contributed by atoms with Crippen LogP contribution in [0.2, 0.25) is 0 Å². The largest absolute Gasteiger partial charge is 0.380 e. The molecule has 1 heterocycles. The molecular formula is C14H25N3O. The SMILES string of the molecule is CCCn1ccnc1CC(NC)C(OC)C1CC1. The zero-order valence-corrected chi connectivity index (χ0v) is 11.7. The van der Waals surface area contributed by atoms with Gasteiger partial charge in [0.2, 0.25) is 0 Å². The van der Waals surface area contributed by atoms with E-state index in [0.717, 1.165) is 25.3 Å². The second-order valence-electron chi connectivity index (χ2n) is 5.17. The van der Waals surface area contributed by atoms with Gasteiger partial charge in [0.15, 0.2) is 0 Å². The molecule has 2 unspecified atom stereocenters. The van der Waals surface area contributed by atoms with E-state index < -0.39 is 0 Å². The second kappa shape index (κ2) is 6.34. The lowest BCUT2D eigenvalue weighted by Gasteiger charge is -2.25. The van der Waals surface area contributed by atoms with Crippen LogP contribution >= 0.6 is 0 Å². The fraction of sp³-hybridized carbons (Fsp3) is 0.786. The Morgan fingerprint density at radius 3 is 2.89 bits per heavy atom. The molecule has 0 spiro atoms. The van der Waals surface area contributed by atoms with Crippen LogP contribution in [0.15, 0.2) is 12.4 Å². The number of likely N-dealkylation sites (N-methyl/N-ethyl adjacent to an activating group) is 1. The van der Waals surface area contributed by atoms with E-state index in [4.69, 9.17) is 4.74 Å². The van der Waals surface area contributed by atoms with Crippen LogP contribution in [-0.2, 0) is 17.7 Å². The molecule has 2 rings (SSSR count). The van der Waals surface area contributed by atoms with Crippen molar-refractivity contribution in [3.8, 4) is 0 Å². The highest BCUT2D eigenvalue weighted by Gasteiger charge is 2.36. The minimum Gasteiger partial charge on any atom is -0.380 e. The van der Waals surface area contributed by atoms with Gasteiger partial charge >= 0.3 is 0 Å². The number of methoxy groups -OCH3 is 1. The van der Waals surface area contributed by atoms with Gasteiger partial charge in [-0.25, -0.2) is 4.98 Å².